The summed E-state index contributed by atoms with van der Waals surface area (Å²) in [6.07, 6.45) is 1.69. The standard InChI is InChI=1S/C14H16BrN3OS/c1-3-16-11-4-5-13(17-7-11)14(19)18(2)8-12-6-10(15)9-20-12/h4-7,9,16H,3,8H2,1-2H3. The normalized spacial score (nSPS) is 10.3. The van der Waals surface area contributed by atoms with Gasteiger partial charge in [0.25, 0.3) is 5.91 Å². The molecule has 0 unspecified atom stereocenters. The average Bonchev–Trinajstić information content (AvgIpc) is 2.84. The van der Waals surface area contributed by atoms with Crippen LogP contribution < -0.4 is 5.32 Å². The summed E-state index contributed by atoms with van der Waals surface area (Å²) in [7, 11) is 1.79. The summed E-state index contributed by atoms with van der Waals surface area (Å²) in [5, 5.41) is 5.17. The number of nitrogens with one attached hydrogen (secondary N) is 1. The summed E-state index contributed by atoms with van der Waals surface area (Å²) in [6, 6.07) is 5.65. The van der Waals surface area contributed by atoms with E-state index < -0.39 is 0 Å². The molecule has 0 atom stereocenters. The Balaban J connectivity index is 2.02. The van der Waals surface area contributed by atoms with Gasteiger partial charge in [-0.05, 0) is 41.1 Å². The molecule has 106 valence electrons. The van der Waals surface area contributed by atoms with Crippen LogP contribution in [0, 0.1) is 0 Å². The van der Waals surface area contributed by atoms with Crippen molar-refractivity contribution < 1.29 is 4.79 Å². The van der Waals surface area contributed by atoms with Gasteiger partial charge in [0.1, 0.15) is 5.69 Å². The van der Waals surface area contributed by atoms with Gasteiger partial charge in [-0.2, -0.15) is 0 Å². The predicted octanol–water partition coefficient (Wildman–Crippen LogP) is 3.61. The first kappa shape index (κ1) is 15.0. The largest absolute Gasteiger partial charge is 0.384 e. The number of rotatable bonds is 5. The number of carbonyl (C=O) groups excluding carboxylic acids is 1. The molecule has 2 heterocycles. The summed E-state index contributed by atoms with van der Waals surface area (Å²) >= 11 is 5.04. The number of carbonyl (C=O) groups is 1. The van der Waals surface area contributed by atoms with Gasteiger partial charge in [0.15, 0.2) is 0 Å². The highest BCUT2D eigenvalue weighted by atomic mass is 79.9. The van der Waals surface area contributed by atoms with Gasteiger partial charge in [0.05, 0.1) is 18.4 Å². The fourth-order valence-corrected chi connectivity index (χ4v) is 3.27. The molecule has 0 saturated heterocycles. The van der Waals surface area contributed by atoms with Crippen molar-refractivity contribution >= 4 is 38.9 Å². The van der Waals surface area contributed by atoms with Crippen molar-refractivity contribution in [3.63, 3.8) is 0 Å². The summed E-state index contributed by atoms with van der Waals surface area (Å²) in [6.45, 7) is 3.44. The fraction of sp³-hybridized carbons (Fsp3) is 0.286. The second-order valence-corrected chi connectivity index (χ2v) is 6.27. The topological polar surface area (TPSA) is 45.2 Å². The smallest absolute Gasteiger partial charge is 0.272 e. The van der Waals surface area contributed by atoms with E-state index in [1.165, 1.54) is 0 Å². The van der Waals surface area contributed by atoms with E-state index in [2.05, 4.69) is 26.2 Å². The lowest BCUT2D eigenvalue weighted by Gasteiger charge is -2.15. The van der Waals surface area contributed by atoms with Gasteiger partial charge in [0, 0.05) is 28.3 Å². The van der Waals surface area contributed by atoms with E-state index in [-0.39, 0.29) is 5.91 Å². The molecule has 2 rings (SSSR count). The van der Waals surface area contributed by atoms with Crippen molar-refractivity contribution in [2.75, 3.05) is 18.9 Å². The molecule has 0 aliphatic heterocycles. The van der Waals surface area contributed by atoms with Gasteiger partial charge >= 0.3 is 0 Å². The van der Waals surface area contributed by atoms with Crippen LogP contribution in [-0.4, -0.2) is 29.4 Å². The minimum absolute atomic E-state index is 0.0717. The first-order valence-corrected chi connectivity index (χ1v) is 7.95. The minimum Gasteiger partial charge on any atom is -0.384 e. The molecule has 0 aromatic carbocycles. The Morgan fingerprint density at radius 2 is 2.30 bits per heavy atom. The second-order valence-electron chi connectivity index (χ2n) is 4.35. The quantitative estimate of drug-likeness (QED) is 0.892. The molecular weight excluding hydrogens is 338 g/mol. The van der Waals surface area contributed by atoms with Crippen molar-refractivity contribution in [2.24, 2.45) is 0 Å². The van der Waals surface area contributed by atoms with Crippen LogP contribution in [-0.2, 0) is 6.54 Å². The zero-order valence-corrected chi connectivity index (χ0v) is 13.8. The first-order valence-electron chi connectivity index (χ1n) is 6.28. The van der Waals surface area contributed by atoms with E-state index in [1.807, 2.05) is 24.4 Å². The number of thiophene rings is 1. The highest BCUT2D eigenvalue weighted by Gasteiger charge is 2.14. The van der Waals surface area contributed by atoms with Crippen LogP contribution in [0.3, 0.4) is 0 Å². The lowest BCUT2D eigenvalue weighted by Crippen LogP contribution is -2.26. The van der Waals surface area contributed by atoms with Gasteiger partial charge in [-0.15, -0.1) is 11.3 Å². The Hall–Kier alpha value is -1.40. The second kappa shape index (κ2) is 6.85. The van der Waals surface area contributed by atoms with Crippen LogP contribution in [0.4, 0.5) is 5.69 Å². The van der Waals surface area contributed by atoms with Gasteiger partial charge in [-0.3, -0.25) is 4.79 Å². The molecule has 4 nitrogen and oxygen atoms in total. The zero-order valence-electron chi connectivity index (χ0n) is 11.4. The third kappa shape index (κ3) is 3.80. The maximum atomic E-state index is 12.3. The Bertz CT molecular complexity index is 582. The molecule has 0 bridgehead atoms. The number of amides is 1. The number of hydrogen-bond donors (Lipinski definition) is 1. The number of nitrogens with zero attached hydrogens (tertiary/aromatic N) is 2. The Labute approximate surface area is 131 Å². The maximum Gasteiger partial charge on any atom is 0.272 e. The third-order valence-electron chi connectivity index (χ3n) is 2.72. The van der Waals surface area contributed by atoms with Crippen LogP contribution in [0.2, 0.25) is 0 Å². The van der Waals surface area contributed by atoms with Gasteiger partial charge < -0.3 is 10.2 Å². The van der Waals surface area contributed by atoms with Gasteiger partial charge in [-0.25, -0.2) is 4.98 Å². The molecule has 2 aromatic rings. The molecule has 1 amide bonds. The van der Waals surface area contributed by atoms with Crippen molar-refractivity contribution in [3.8, 4) is 0 Å². The average molecular weight is 354 g/mol. The summed E-state index contributed by atoms with van der Waals surface area (Å²) in [4.78, 5) is 19.3. The first-order chi connectivity index (χ1) is 9.60. The predicted molar refractivity (Wildman–Crippen MR) is 86.2 cm³/mol. The molecule has 0 fully saturated rings. The summed E-state index contributed by atoms with van der Waals surface area (Å²) in [5.41, 5.74) is 1.39. The molecule has 0 aliphatic carbocycles. The van der Waals surface area contributed by atoms with Crippen LogP contribution in [0.15, 0.2) is 34.2 Å². The van der Waals surface area contributed by atoms with E-state index in [9.17, 15) is 4.79 Å². The highest BCUT2D eigenvalue weighted by molar-refractivity contribution is 9.10. The lowest BCUT2D eigenvalue weighted by molar-refractivity contribution is 0.0780. The Morgan fingerprint density at radius 1 is 1.50 bits per heavy atom. The van der Waals surface area contributed by atoms with Crippen molar-refractivity contribution in [2.45, 2.75) is 13.5 Å². The highest BCUT2D eigenvalue weighted by Crippen LogP contribution is 2.21. The van der Waals surface area contributed by atoms with Crippen molar-refractivity contribution in [3.05, 3.63) is 44.8 Å². The molecule has 0 saturated carbocycles. The molecule has 2 aromatic heterocycles. The van der Waals surface area contributed by atoms with Crippen LogP contribution >= 0.6 is 27.3 Å². The number of anilines is 1. The SMILES string of the molecule is CCNc1ccc(C(=O)N(C)Cc2cc(Br)cs2)nc1. The number of pyridine rings is 1. The molecule has 0 aliphatic rings. The van der Waals surface area contributed by atoms with Crippen LogP contribution in [0.1, 0.15) is 22.3 Å². The minimum atomic E-state index is -0.0717. The fourth-order valence-electron chi connectivity index (χ4n) is 1.77. The summed E-state index contributed by atoms with van der Waals surface area (Å²) in [5.74, 6) is -0.0717. The van der Waals surface area contributed by atoms with Crippen LogP contribution in [0.25, 0.3) is 0 Å². The third-order valence-corrected chi connectivity index (χ3v) is 4.41. The number of aromatic nitrogens is 1. The van der Waals surface area contributed by atoms with E-state index in [1.54, 1.807) is 35.5 Å². The molecule has 6 heteroatoms. The monoisotopic (exact) mass is 353 g/mol. The van der Waals surface area contributed by atoms with E-state index >= 15 is 0 Å². The molecule has 0 spiro atoms. The zero-order chi connectivity index (χ0) is 14.5. The Morgan fingerprint density at radius 3 is 2.85 bits per heavy atom. The number of hydrogen-bond acceptors (Lipinski definition) is 4. The van der Waals surface area contributed by atoms with Crippen molar-refractivity contribution in [1.29, 1.82) is 0 Å². The molecule has 0 radical (unpaired) electrons. The molecule has 1 N–H and O–H groups in total. The van der Waals surface area contributed by atoms with E-state index in [0.717, 1.165) is 21.6 Å². The van der Waals surface area contributed by atoms with E-state index in [0.29, 0.717) is 12.2 Å². The van der Waals surface area contributed by atoms with Crippen molar-refractivity contribution in [1.82, 2.24) is 9.88 Å². The van der Waals surface area contributed by atoms with Crippen LogP contribution in [0.5, 0.6) is 0 Å². The Kier molecular flexibility index (Phi) is 5.14. The molecule has 20 heavy (non-hydrogen) atoms. The lowest BCUT2D eigenvalue weighted by atomic mass is 10.3. The van der Waals surface area contributed by atoms with Gasteiger partial charge in [0.2, 0.25) is 0 Å². The molecular formula is C14H16BrN3OS. The van der Waals surface area contributed by atoms with E-state index in [4.69, 9.17) is 0 Å². The van der Waals surface area contributed by atoms with Gasteiger partial charge in [-0.1, -0.05) is 0 Å². The number of halogens is 1. The maximum absolute atomic E-state index is 12.3. The summed E-state index contributed by atoms with van der Waals surface area (Å²) < 4.78 is 1.05.